The van der Waals surface area contributed by atoms with E-state index in [9.17, 15) is 4.79 Å². The van der Waals surface area contributed by atoms with Gasteiger partial charge in [-0.25, -0.2) is 0 Å². The van der Waals surface area contributed by atoms with E-state index in [4.69, 9.17) is 5.10 Å². The summed E-state index contributed by atoms with van der Waals surface area (Å²) in [7, 11) is 3.94. The first kappa shape index (κ1) is 19.2. The molecule has 1 aliphatic carbocycles. The van der Waals surface area contributed by atoms with Crippen molar-refractivity contribution in [1.82, 2.24) is 20.1 Å². The number of carbonyl (C=O) groups excluding carboxylic acids is 1. The number of pyridine rings is 1. The van der Waals surface area contributed by atoms with Gasteiger partial charge in [0.2, 0.25) is 0 Å². The van der Waals surface area contributed by atoms with Crippen LogP contribution in [0.1, 0.15) is 34.5 Å². The van der Waals surface area contributed by atoms with Gasteiger partial charge in [0.25, 0.3) is 5.91 Å². The predicted molar refractivity (Wildman–Crippen MR) is 115 cm³/mol. The maximum Gasteiger partial charge on any atom is 0.251 e. The molecule has 1 aliphatic rings. The second-order valence-corrected chi connectivity index (χ2v) is 7.62. The van der Waals surface area contributed by atoms with Crippen molar-refractivity contribution in [3.8, 4) is 11.4 Å². The number of rotatable bonds is 6. The van der Waals surface area contributed by atoms with Gasteiger partial charge in [0.15, 0.2) is 0 Å². The number of nitrogens with zero attached hydrogens (tertiary/aromatic N) is 4. The van der Waals surface area contributed by atoms with E-state index in [-0.39, 0.29) is 5.91 Å². The number of nitrogens with one attached hydrogen (secondary N) is 1. The van der Waals surface area contributed by atoms with Crippen molar-refractivity contribution >= 4 is 11.6 Å². The highest BCUT2D eigenvalue weighted by atomic mass is 16.1. The maximum absolute atomic E-state index is 12.6. The number of hydrogen-bond acceptors (Lipinski definition) is 4. The summed E-state index contributed by atoms with van der Waals surface area (Å²) in [5.74, 6) is -0.0559. The number of amides is 1. The summed E-state index contributed by atoms with van der Waals surface area (Å²) in [6, 6.07) is 13.6. The second-order valence-electron chi connectivity index (χ2n) is 7.62. The van der Waals surface area contributed by atoms with Gasteiger partial charge in [0, 0.05) is 49.3 Å². The summed E-state index contributed by atoms with van der Waals surface area (Å²) >= 11 is 0. The highest BCUT2D eigenvalue weighted by molar-refractivity contribution is 5.95. The van der Waals surface area contributed by atoms with Crippen LogP contribution in [0.15, 0.2) is 48.7 Å². The summed E-state index contributed by atoms with van der Waals surface area (Å²) in [4.78, 5) is 19.0. The lowest BCUT2D eigenvalue weighted by atomic mass is 9.95. The standard InChI is InChI=1S/C23H27N5O/c1-27(2)18-9-7-8-17(16-18)23(29)25-14-15-28-21-12-4-3-10-19(21)22(26-28)20-11-5-6-13-24-20/h5-9,11,13,16H,3-4,10,12,14-15H2,1-2H3,(H,25,29). The second kappa shape index (κ2) is 8.47. The fraction of sp³-hybridized carbons (Fsp3) is 0.348. The molecule has 1 amide bonds. The van der Waals surface area contributed by atoms with Crippen molar-refractivity contribution in [3.63, 3.8) is 0 Å². The Morgan fingerprint density at radius 1 is 1.14 bits per heavy atom. The Hall–Kier alpha value is -3.15. The minimum absolute atomic E-state index is 0.0559. The monoisotopic (exact) mass is 389 g/mol. The molecule has 29 heavy (non-hydrogen) atoms. The zero-order valence-electron chi connectivity index (χ0n) is 17.1. The Morgan fingerprint density at radius 2 is 2.00 bits per heavy atom. The Morgan fingerprint density at radius 3 is 2.79 bits per heavy atom. The zero-order chi connectivity index (χ0) is 20.2. The predicted octanol–water partition coefficient (Wildman–Crippen LogP) is 3.32. The molecule has 3 aromatic rings. The van der Waals surface area contributed by atoms with Crippen LogP contribution in [0.4, 0.5) is 5.69 Å². The first-order valence-electron chi connectivity index (χ1n) is 10.2. The maximum atomic E-state index is 12.6. The average molecular weight is 390 g/mol. The number of aromatic nitrogens is 3. The lowest BCUT2D eigenvalue weighted by Gasteiger charge is -2.15. The molecule has 150 valence electrons. The molecule has 4 rings (SSSR count). The van der Waals surface area contributed by atoms with Crippen LogP contribution < -0.4 is 10.2 Å². The van der Waals surface area contributed by atoms with Gasteiger partial charge in [-0.15, -0.1) is 0 Å². The van der Waals surface area contributed by atoms with Gasteiger partial charge in [0.1, 0.15) is 5.69 Å². The summed E-state index contributed by atoms with van der Waals surface area (Å²) < 4.78 is 2.06. The molecular formula is C23H27N5O. The molecule has 0 unspecified atom stereocenters. The molecule has 2 aromatic heterocycles. The number of anilines is 1. The van der Waals surface area contributed by atoms with Gasteiger partial charge in [-0.2, -0.15) is 5.10 Å². The highest BCUT2D eigenvalue weighted by Crippen LogP contribution is 2.30. The molecule has 0 bridgehead atoms. The Kier molecular flexibility index (Phi) is 5.60. The fourth-order valence-electron chi connectivity index (χ4n) is 3.87. The van der Waals surface area contributed by atoms with Crippen LogP contribution in [0, 0.1) is 0 Å². The van der Waals surface area contributed by atoms with Gasteiger partial charge in [0.05, 0.1) is 12.2 Å². The first-order valence-corrected chi connectivity index (χ1v) is 10.2. The van der Waals surface area contributed by atoms with Crippen molar-refractivity contribution in [3.05, 3.63) is 65.5 Å². The molecule has 0 aliphatic heterocycles. The Bertz CT molecular complexity index is 994. The summed E-state index contributed by atoms with van der Waals surface area (Å²) in [5.41, 5.74) is 6.21. The van der Waals surface area contributed by atoms with Gasteiger partial charge in [-0.3, -0.25) is 14.5 Å². The molecule has 0 atom stereocenters. The molecule has 0 fully saturated rings. The van der Waals surface area contributed by atoms with E-state index in [2.05, 4.69) is 15.0 Å². The molecule has 6 heteroatoms. The molecule has 0 saturated heterocycles. The average Bonchev–Trinajstić information content (AvgIpc) is 3.13. The van der Waals surface area contributed by atoms with Crippen molar-refractivity contribution in [2.45, 2.75) is 32.2 Å². The minimum Gasteiger partial charge on any atom is -0.378 e. The van der Waals surface area contributed by atoms with E-state index < -0.39 is 0 Å². The van der Waals surface area contributed by atoms with Crippen molar-refractivity contribution in [1.29, 1.82) is 0 Å². The quantitative estimate of drug-likeness (QED) is 0.702. The summed E-state index contributed by atoms with van der Waals surface area (Å²) in [6.45, 7) is 1.20. The third-order valence-electron chi connectivity index (χ3n) is 5.40. The van der Waals surface area contributed by atoms with E-state index in [1.807, 2.05) is 67.7 Å². The van der Waals surface area contributed by atoms with Crippen LogP contribution in [0.5, 0.6) is 0 Å². The topological polar surface area (TPSA) is 63.1 Å². The van der Waals surface area contributed by atoms with E-state index >= 15 is 0 Å². The van der Waals surface area contributed by atoms with Crippen molar-refractivity contribution < 1.29 is 4.79 Å². The Labute approximate surface area is 171 Å². The Balaban J connectivity index is 1.47. The van der Waals surface area contributed by atoms with E-state index in [1.165, 1.54) is 24.1 Å². The molecule has 1 N–H and O–H groups in total. The van der Waals surface area contributed by atoms with E-state index in [1.54, 1.807) is 0 Å². The summed E-state index contributed by atoms with van der Waals surface area (Å²) in [5, 5.41) is 7.90. The van der Waals surface area contributed by atoms with Gasteiger partial charge < -0.3 is 10.2 Å². The third-order valence-corrected chi connectivity index (χ3v) is 5.40. The van der Waals surface area contributed by atoms with Gasteiger partial charge in [-0.1, -0.05) is 12.1 Å². The molecular weight excluding hydrogens is 362 g/mol. The molecule has 0 spiro atoms. The normalized spacial score (nSPS) is 13.0. The number of carbonyl (C=O) groups is 1. The lowest BCUT2D eigenvalue weighted by Crippen LogP contribution is -2.28. The molecule has 6 nitrogen and oxygen atoms in total. The SMILES string of the molecule is CN(C)c1cccc(C(=O)NCCn2nc(-c3ccccn3)c3c2CCCC3)c1. The van der Waals surface area contributed by atoms with Gasteiger partial charge in [-0.05, 0) is 56.0 Å². The van der Waals surface area contributed by atoms with Crippen molar-refractivity contribution in [2.75, 3.05) is 25.5 Å². The number of fused-ring (bicyclic) bond motifs is 1. The summed E-state index contributed by atoms with van der Waals surface area (Å²) in [6.07, 6.45) is 6.27. The zero-order valence-corrected chi connectivity index (χ0v) is 17.1. The lowest BCUT2D eigenvalue weighted by molar-refractivity contribution is 0.0952. The van der Waals surface area contributed by atoms with E-state index in [0.717, 1.165) is 29.9 Å². The number of benzene rings is 1. The highest BCUT2D eigenvalue weighted by Gasteiger charge is 2.22. The van der Waals surface area contributed by atoms with E-state index in [0.29, 0.717) is 18.7 Å². The van der Waals surface area contributed by atoms with Gasteiger partial charge >= 0.3 is 0 Å². The van der Waals surface area contributed by atoms with Crippen LogP contribution in [-0.2, 0) is 19.4 Å². The fourth-order valence-corrected chi connectivity index (χ4v) is 3.87. The molecule has 2 heterocycles. The van der Waals surface area contributed by atoms with Crippen LogP contribution >= 0.6 is 0 Å². The van der Waals surface area contributed by atoms with Crippen LogP contribution in [0.3, 0.4) is 0 Å². The van der Waals surface area contributed by atoms with Crippen LogP contribution in [0.2, 0.25) is 0 Å². The largest absolute Gasteiger partial charge is 0.378 e. The van der Waals surface area contributed by atoms with Crippen molar-refractivity contribution in [2.24, 2.45) is 0 Å². The number of hydrogen-bond donors (Lipinski definition) is 1. The molecule has 0 saturated carbocycles. The first-order chi connectivity index (χ1) is 14.1. The molecule has 1 aromatic carbocycles. The smallest absolute Gasteiger partial charge is 0.251 e. The minimum atomic E-state index is -0.0559. The molecule has 0 radical (unpaired) electrons. The van der Waals surface area contributed by atoms with Crippen LogP contribution in [-0.4, -0.2) is 41.3 Å². The van der Waals surface area contributed by atoms with Crippen LogP contribution in [0.25, 0.3) is 11.4 Å². The third kappa shape index (κ3) is 4.16.